The van der Waals surface area contributed by atoms with Crippen molar-refractivity contribution in [3.8, 4) is 0 Å². The minimum atomic E-state index is -2.01. The van der Waals surface area contributed by atoms with Crippen LogP contribution >= 0.6 is 11.6 Å². The third-order valence-corrected chi connectivity index (χ3v) is 2.95. The first-order valence-electron chi connectivity index (χ1n) is 6.64. The van der Waals surface area contributed by atoms with Crippen LogP contribution < -0.4 is 10.6 Å². The number of amides is 1. The zero-order valence-electron chi connectivity index (χ0n) is 12.5. The minimum Gasteiger partial charge on any atom is -0.382 e. The van der Waals surface area contributed by atoms with E-state index in [0.29, 0.717) is 5.69 Å². The maximum Gasteiger partial charge on any atom is 0.255 e. The number of pyridine rings is 1. The number of rotatable bonds is 6. The summed E-state index contributed by atoms with van der Waals surface area (Å²) in [5, 5.41) is 5.66. The van der Waals surface area contributed by atoms with Crippen molar-refractivity contribution >= 4 is 23.2 Å². The van der Waals surface area contributed by atoms with Gasteiger partial charge in [0.1, 0.15) is 10.8 Å². The lowest BCUT2D eigenvalue weighted by molar-refractivity contribution is 0.0759. The van der Waals surface area contributed by atoms with E-state index >= 15 is 0 Å². The third-order valence-electron chi connectivity index (χ3n) is 2.75. The summed E-state index contributed by atoms with van der Waals surface area (Å²) >= 11 is 5.80. The van der Waals surface area contributed by atoms with Gasteiger partial charge in [-0.1, -0.05) is 11.6 Å². The molecule has 0 radical (unpaired) electrons. The van der Waals surface area contributed by atoms with Crippen LogP contribution in [0.2, 0.25) is 5.15 Å². The van der Waals surface area contributed by atoms with E-state index in [-0.39, 0.29) is 16.8 Å². The number of anilines is 1. The predicted octanol–water partition coefficient (Wildman–Crippen LogP) is 3.37. The topological polar surface area (TPSA) is 54.0 Å². The van der Waals surface area contributed by atoms with Crippen LogP contribution in [0.5, 0.6) is 0 Å². The summed E-state index contributed by atoms with van der Waals surface area (Å²) in [5.41, 5.74) is -1.28. The molecular weight excluding hydrogens is 300 g/mol. The monoisotopic (exact) mass is 319 g/mol. The Balaban J connectivity index is 2.82. The molecule has 21 heavy (non-hydrogen) atoms. The molecule has 7 heteroatoms. The molecule has 0 spiro atoms. The lowest BCUT2D eigenvalue weighted by Crippen LogP contribution is -2.39. The number of hydrogen-bond acceptors (Lipinski definition) is 3. The van der Waals surface area contributed by atoms with Gasteiger partial charge in [-0.2, -0.15) is 0 Å². The summed E-state index contributed by atoms with van der Waals surface area (Å²) < 4.78 is 26.9. The fraction of sp³-hybridized carbons (Fsp3) is 0.571. The predicted molar refractivity (Wildman–Crippen MR) is 80.4 cm³/mol. The van der Waals surface area contributed by atoms with Crippen molar-refractivity contribution in [3.63, 3.8) is 0 Å². The first kappa shape index (κ1) is 17.6. The van der Waals surface area contributed by atoms with E-state index in [9.17, 15) is 13.6 Å². The highest BCUT2D eigenvalue weighted by Crippen LogP contribution is 2.20. The van der Waals surface area contributed by atoms with Crippen molar-refractivity contribution in [2.45, 2.75) is 45.6 Å². The van der Waals surface area contributed by atoms with Gasteiger partial charge in [0.25, 0.3) is 5.91 Å². The molecule has 1 rings (SSSR count). The molecule has 1 aromatic heterocycles. The van der Waals surface area contributed by atoms with E-state index in [2.05, 4.69) is 15.6 Å². The number of aromatic nitrogens is 1. The fourth-order valence-electron chi connectivity index (χ4n) is 1.56. The van der Waals surface area contributed by atoms with Crippen LogP contribution in [0.1, 0.15) is 38.1 Å². The van der Waals surface area contributed by atoms with Crippen LogP contribution in [0.3, 0.4) is 0 Å². The highest BCUT2D eigenvalue weighted by molar-refractivity contribution is 6.29. The van der Waals surface area contributed by atoms with Crippen molar-refractivity contribution in [3.05, 3.63) is 23.0 Å². The molecular formula is C14H20ClF2N3O. The van der Waals surface area contributed by atoms with Crippen molar-refractivity contribution < 1.29 is 13.6 Å². The van der Waals surface area contributed by atoms with Crippen LogP contribution in [0.25, 0.3) is 0 Å². The van der Waals surface area contributed by atoms with Gasteiger partial charge in [-0.3, -0.25) is 4.79 Å². The Bertz CT molecular complexity index is 503. The van der Waals surface area contributed by atoms with Crippen LogP contribution in [-0.4, -0.2) is 35.3 Å². The highest BCUT2D eigenvalue weighted by Gasteiger charge is 2.29. The molecule has 0 saturated heterocycles. The standard InChI is InChI=1S/C14H20ClF2N3O/c1-8(2)20-10-5-12(15)18-6-9(10)13(21)19-7-11(16)14(3,4)17/h5-6,8,11H,7H2,1-4H3,(H,18,20)(H,19,21). The van der Waals surface area contributed by atoms with Gasteiger partial charge in [-0.25, -0.2) is 13.8 Å². The number of nitrogens with one attached hydrogen (secondary N) is 2. The van der Waals surface area contributed by atoms with E-state index in [1.54, 1.807) is 0 Å². The molecule has 118 valence electrons. The summed E-state index contributed by atoms with van der Waals surface area (Å²) in [4.78, 5) is 15.9. The van der Waals surface area contributed by atoms with E-state index in [0.717, 1.165) is 13.8 Å². The summed E-state index contributed by atoms with van der Waals surface area (Å²) in [5.74, 6) is -0.533. The van der Waals surface area contributed by atoms with Gasteiger partial charge in [0, 0.05) is 12.2 Å². The van der Waals surface area contributed by atoms with Crippen molar-refractivity contribution in [1.29, 1.82) is 0 Å². The Hall–Kier alpha value is -1.43. The molecule has 0 aliphatic carbocycles. The first-order chi connectivity index (χ1) is 9.61. The molecule has 0 fully saturated rings. The molecule has 0 bridgehead atoms. The molecule has 1 heterocycles. The lowest BCUT2D eigenvalue weighted by atomic mass is 10.1. The second kappa shape index (κ2) is 7.02. The van der Waals surface area contributed by atoms with Gasteiger partial charge < -0.3 is 10.6 Å². The number of carbonyl (C=O) groups excluding carboxylic acids is 1. The molecule has 0 aliphatic rings. The number of halogens is 3. The molecule has 1 aromatic rings. The SMILES string of the molecule is CC(C)Nc1cc(Cl)ncc1C(=O)NCC(F)C(C)(C)F. The Labute approximate surface area is 128 Å². The highest BCUT2D eigenvalue weighted by atomic mass is 35.5. The molecule has 0 aliphatic heterocycles. The Kier molecular flexibility index (Phi) is 5.89. The van der Waals surface area contributed by atoms with Gasteiger partial charge in [0.05, 0.1) is 17.8 Å². The van der Waals surface area contributed by atoms with E-state index in [1.165, 1.54) is 12.3 Å². The quantitative estimate of drug-likeness (QED) is 0.790. The fourth-order valence-corrected chi connectivity index (χ4v) is 1.72. The second-order valence-electron chi connectivity index (χ2n) is 5.59. The molecule has 1 atom stereocenters. The van der Waals surface area contributed by atoms with Crippen LogP contribution in [0.4, 0.5) is 14.5 Å². The molecule has 1 unspecified atom stereocenters. The average molecular weight is 320 g/mol. The minimum absolute atomic E-state index is 0.0775. The summed E-state index contributed by atoms with van der Waals surface area (Å²) in [6.07, 6.45) is -0.487. The Morgan fingerprint density at radius 2 is 2.10 bits per heavy atom. The third kappa shape index (κ3) is 5.46. The molecule has 4 nitrogen and oxygen atoms in total. The molecule has 0 aromatic carbocycles. The number of nitrogens with zero attached hydrogens (tertiary/aromatic N) is 1. The van der Waals surface area contributed by atoms with Gasteiger partial charge in [0.15, 0.2) is 6.17 Å². The van der Waals surface area contributed by atoms with Crippen molar-refractivity contribution in [2.75, 3.05) is 11.9 Å². The molecule has 0 saturated carbocycles. The zero-order chi connectivity index (χ0) is 16.2. The van der Waals surface area contributed by atoms with Crippen molar-refractivity contribution in [2.24, 2.45) is 0 Å². The summed E-state index contributed by atoms with van der Waals surface area (Å²) in [7, 11) is 0. The maximum absolute atomic E-state index is 13.5. The van der Waals surface area contributed by atoms with Crippen LogP contribution in [-0.2, 0) is 0 Å². The summed E-state index contributed by atoms with van der Waals surface area (Å²) in [6.45, 7) is 5.64. The van der Waals surface area contributed by atoms with Gasteiger partial charge in [-0.05, 0) is 33.8 Å². The zero-order valence-corrected chi connectivity index (χ0v) is 13.3. The lowest BCUT2D eigenvalue weighted by Gasteiger charge is -2.20. The molecule has 1 amide bonds. The van der Waals surface area contributed by atoms with Gasteiger partial charge in [-0.15, -0.1) is 0 Å². The smallest absolute Gasteiger partial charge is 0.255 e. The van der Waals surface area contributed by atoms with Gasteiger partial charge in [0.2, 0.25) is 0 Å². The number of carbonyl (C=O) groups is 1. The first-order valence-corrected chi connectivity index (χ1v) is 7.02. The van der Waals surface area contributed by atoms with Crippen molar-refractivity contribution in [1.82, 2.24) is 10.3 Å². The van der Waals surface area contributed by atoms with E-state index in [1.807, 2.05) is 13.8 Å². The number of alkyl halides is 2. The van der Waals surface area contributed by atoms with Gasteiger partial charge >= 0.3 is 0 Å². The summed E-state index contributed by atoms with van der Waals surface area (Å²) in [6, 6.07) is 1.59. The average Bonchev–Trinajstić information content (AvgIpc) is 2.33. The van der Waals surface area contributed by atoms with E-state index < -0.39 is 24.3 Å². The largest absolute Gasteiger partial charge is 0.382 e. The van der Waals surface area contributed by atoms with E-state index in [4.69, 9.17) is 11.6 Å². The normalized spacial score (nSPS) is 13.1. The second-order valence-corrected chi connectivity index (χ2v) is 5.98. The Morgan fingerprint density at radius 1 is 1.48 bits per heavy atom. The Morgan fingerprint density at radius 3 is 2.62 bits per heavy atom. The van der Waals surface area contributed by atoms with Crippen LogP contribution in [0, 0.1) is 0 Å². The maximum atomic E-state index is 13.5. The molecule has 2 N–H and O–H groups in total. The van der Waals surface area contributed by atoms with Crippen LogP contribution in [0.15, 0.2) is 12.3 Å². The number of hydrogen-bond donors (Lipinski definition) is 2.